The Balaban J connectivity index is 2.37. The van der Waals surface area contributed by atoms with Crippen LogP contribution in [0.15, 0.2) is 36.4 Å². The minimum absolute atomic E-state index is 0.207. The van der Waals surface area contributed by atoms with Crippen LogP contribution in [0.25, 0.3) is 0 Å². The van der Waals surface area contributed by atoms with Gasteiger partial charge in [-0.1, -0.05) is 61.3 Å². The van der Waals surface area contributed by atoms with E-state index in [4.69, 9.17) is 34.8 Å². The van der Waals surface area contributed by atoms with Crippen LogP contribution in [0.3, 0.4) is 0 Å². The minimum atomic E-state index is -0.207. The Morgan fingerprint density at radius 3 is 2.00 bits per heavy atom. The molecule has 20 heavy (non-hydrogen) atoms. The average Bonchev–Trinajstić information content (AvgIpc) is 2.48. The molecule has 0 nitrogen and oxygen atoms in total. The van der Waals surface area contributed by atoms with Crippen LogP contribution in [0, 0.1) is 0 Å². The standard InChI is InChI=1S/C17H17Cl3/c1-3-11-5-6-13(9-12(11)4-2)17(20)14-7-8-15(18)16(19)10-14/h5-10,17H,3-4H2,1-2H3. The highest BCUT2D eigenvalue weighted by Crippen LogP contribution is 2.33. The van der Waals surface area contributed by atoms with Gasteiger partial charge in [0.15, 0.2) is 0 Å². The molecular formula is C17H17Cl3. The van der Waals surface area contributed by atoms with Crippen molar-refractivity contribution in [2.75, 3.05) is 0 Å². The number of alkyl halides is 1. The SMILES string of the molecule is CCc1ccc(C(Cl)c2ccc(Cl)c(Cl)c2)cc1CC. The van der Waals surface area contributed by atoms with E-state index in [0.717, 1.165) is 24.0 Å². The molecule has 0 radical (unpaired) electrons. The summed E-state index contributed by atoms with van der Waals surface area (Å²) in [7, 11) is 0. The monoisotopic (exact) mass is 326 g/mol. The lowest BCUT2D eigenvalue weighted by Gasteiger charge is -2.14. The first-order chi connectivity index (χ1) is 9.56. The van der Waals surface area contributed by atoms with E-state index >= 15 is 0 Å². The largest absolute Gasteiger partial charge is 0.113 e. The maximum Gasteiger partial charge on any atom is 0.0836 e. The molecule has 1 unspecified atom stereocenters. The van der Waals surface area contributed by atoms with E-state index in [1.165, 1.54) is 11.1 Å². The Bertz CT molecular complexity index is 605. The van der Waals surface area contributed by atoms with Gasteiger partial charge in [0.1, 0.15) is 0 Å². The summed E-state index contributed by atoms with van der Waals surface area (Å²) < 4.78 is 0. The van der Waals surface area contributed by atoms with Crippen molar-refractivity contribution in [1.29, 1.82) is 0 Å². The molecule has 0 N–H and O–H groups in total. The van der Waals surface area contributed by atoms with Crippen LogP contribution < -0.4 is 0 Å². The predicted molar refractivity (Wildman–Crippen MR) is 89.4 cm³/mol. The molecule has 106 valence electrons. The molecule has 0 saturated carbocycles. The maximum atomic E-state index is 6.58. The second-order valence-electron chi connectivity index (χ2n) is 4.77. The number of halogens is 3. The molecule has 0 bridgehead atoms. The van der Waals surface area contributed by atoms with Gasteiger partial charge in [0.2, 0.25) is 0 Å². The van der Waals surface area contributed by atoms with Gasteiger partial charge in [0.05, 0.1) is 15.4 Å². The summed E-state index contributed by atoms with van der Waals surface area (Å²) >= 11 is 18.6. The molecule has 0 aromatic heterocycles. The highest BCUT2D eigenvalue weighted by molar-refractivity contribution is 6.42. The average molecular weight is 328 g/mol. The van der Waals surface area contributed by atoms with Crippen LogP contribution in [-0.4, -0.2) is 0 Å². The van der Waals surface area contributed by atoms with E-state index in [9.17, 15) is 0 Å². The predicted octanol–water partition coefficient (Wildman–Crippen LogP) is 6.45. The normalized spacial score (nSPS) is 12.4. The van der Waals surface area contributed by atoms with Crippen LogP contribution in [0.4, 0.5) is 0 Å². The molecule has 0 heterocycles. The third-order valence-electron chi connectivity index (χ3n) is 3.52. The molecule has 1 atom stereocenters. The van der Waals surface area contributed by atoms with Gasteiger partial charge in [-0.2, -0.15) is 0 Å². The van der Waals surface area contributed by atoms with Gasteiger partial charge in [0, 0.05) is 0 Å². The molecule has 0 amide bonds. The molecule has 2 rings (SSSR count). The van der Waals surface area contributed by atoms with Crippen molar-refractivity contribution in [3.8, 4) is 0 Å². The van der Waals surface area contributed by atoms with Crippen LogP contribution in [0.1, 0.15) is 41.5 Å². The van der Waals surface area contributed by atoms with Crippen molar-refractivity contribution in [1.82, 2.24) is 0 Å². The third-order valence-corrected chi connectivity index (χ3v) is 4.76. The molecule has 0 aliphatic rings. The van der Waals surface area contributed by atoms with Gasteiger partial charge in [-0.15, -0.1) is 11.6 Å². The van der Waals surface area contributed by atoms with E-state index in [-0.39, 0.29) is 5.38 Å². The molecule has 2 aromatic rings. The van der Waals surface area contributed by atoms with Gasteiger partial charge < -0.3 is 0 Å². The highest BCUT2D eigenvalue weighted by Gasteiger charge is 2.13. The zero-order chi connectivity index (χ0) is 14.7. The topological polar surface area (TPSA) is 0 Å². The van der Waals surface area contributed by atoms with E-state index in [1.54, 1.807) is 6.07 Å². The summed E-state index contributed by atoms with van der Waals surface area (Å²) in [6.07, 6.45) is 2.06. The number of benzene rings is 2. The van der Waals surface area contributed by atoms with Crippen molar-refractivity contribution in [3.05, 3.63) is 68.7 Å². The fourth-order valence-corrected chi connectivity index (χ4v) is 2.92. The van der Waals surface area contributed by atoms with Crippen LogP contribution in [0.2, 0.25) is 10.0 Å². The number of hydrogen-bond acceptors (Lipinski definition) is 0. The highest BCUT2D eigenvalue weighted by atomic mass is 35.5. The summed E-state index contributed by atoms with van der Waals surface area (Å²) in [6, 6.07) is 12.0. The van der Waals surface area contributed by atoms with E-state index in [2.05, 4.69) is 32.0 Å². The van der Waals surface area contributed by atoms with Crippen molar-refractivity contribution < 1.29 is 0 Å². The number of aryl methyl sites for hydroxylation is 2. The van der Waals surface area contributed by atoms with E-state index in [1.807, 2.05) is 12.1 Å². The zero-order valence-corrected chi connectivity index (χ0v) is 13.9. The van der Waals surface area contributed by atoms with Gasteiger partial charge in [-0.05, 0) is 47.2 Å². The fraction of sp³-hybridized carbons (Fsp3) is 0.294. The molecule has 0 aliphatic heterocycles. The quantitative estimate of drug-likeness (QED) is 0.566. The smallest absolute Gasteiger partial charge is 0.0836 e. The van der Waals surface area contributed by atoms with Crippen molar-refractivity contribution >= 4 is 34.8 Å². The third kappa shape index (κ3) is 3.31. The Morgan fingerprint density at radius 1 is 0.800 bits per heavy atom. The maximum absolute atomic E-state index is 6.58. The summed E-state index contributed by atoms with van der Waals surface area (Å²) in [4.78, 5) is 0. The Morgan fingerprint density at radius 2 is 1.40 bits per heavy atom. The molecule has 0 saturated heterocycles. The van der Waals surface area contributed by atoms with Gasteiger partial charge in [-0.3, -0.25) is 0 Å². The second-order valence-corrected chi connectivity index (χ2v) is 6.02. The Hall–Kier alpha value is -0.690. The van der Waals surface area contributed by atoms with Crippen molar-refractivity contribution in [3.63, 3.8) is 0 Å². The van der Waals surface area contributed by atoms with Crippen LogP contribution in [0.5, 0.6) is 0 Å². The first-order valence-electron chi connectivity index (χ1n) is 6.77. The van der Waals surface area contributed by atoms with Gasteiger partial charge in [0.25, 0.3) is 0 Å². The molecular weight excluding hydrogens is 311 g/mol. The summed E-state index contributed by atoms with van der Waals surface area (Å²) in [5.74, 6) is 0. The fourth-order valence-electron chi connectivity index (χ4n) is 2.34. The number of rotatable bonds is 4. The lowest BCUT2D eigenvalue weighted by atomic mass is 9.96. The summed E-state index contributed by atoms with van der Waals surface area (Å²) in [5, 5.41) is 0.881. The van der Waals surface area contributed by atoms with Crippen LogP contribution >= 0.6 is 34.8 Å². The number of hydrogen-bond donors (Lipinski definition) is 0. The Kier molecular flexibility index (Phi) is 5.37. The van der Waals surface area contributed by atoms with E-state index in [0.29, 0.717) is 10.0 Å². The molecule has 0 spiro atoms. The first kappa shape index (κ1) is 15.7. The minimum Gasteiger partial charge on any atom is -0.113 e. The lowest BCUT2D eigenvalue weighted by molar-refractivity contribution is 1.02. The zero-order valence-electron chi connectivity index (χ0n) is 11.6. The van der Waals surface area contributed by atoms with Crippen LogP contribution in [-0.2, 0) is 12.8 Å². The van der Waals surface area contributed by atoms with Crippen molar-refractivity contribution in [2.24, 2.45) is 0 Å². The molecule has 0 fully saturated rings. The summed E-state index contributed by atoms with van der Waals surface area (Å²) in [6.45, 7) is 4.34. The lowest BCUT2D eigenvalue weighted by Crippen LogP contribution is -1.98. The van der Waals surface area contributed by atoms with Gasteiger partial charge >= 0.3 is 0 Å². The van der Waals surface area contributed by atoms with E-state index < -0.39 is 0 Å². The van der Waals surface area contributed by atoms with Gasteiger partial charge in [-0.25, -0.2) is 0 Å². The van der Waals surface area contributed by atoms with Crippen molar-refractivity contribution in [2.45, 2.75) is 32.1 Å². The summed E-state index contributed by atoms with van der Waals surface area (Å²) in [5.41, 5.74) is 4.80. The second kappa shape index (κ2) is 6.85. The Labute approximate surface area is 135 Å². The first-order valence-corrected chi connectivity index (χ1v) is 7.96. The molecule has 3 heteroatoms. The molecule has 0 aliphatic carbocycles. The molecule has 2 aromatic carbocycles.